The molecule has 0 amide bonds. The van der Waals surface area contributed by atoms with Gasteiger partial charge in [-0.1, -0.05) is 11.6 Å². The summed E-state index contributed by atoms with van der Waals surface area (Å²) in [5, 5.41) is 0.580. The molecule has 0 atom stereocenters. The van der Waals surface area contributed by atoms with Gasteiger partial charge >= 0.3 is 0 Å². The lowest BCUT2D eigenvalue weighted by molar-refractivity contribution is 0.626. The van der Waals surface area contributed by atoms with E-state index in [-0.39, 0.29) is 5.82 Å². The Morgan fingerprint density at radius 2 is 2.20 bits per heavy atom. The summed E-state index contributed by atoms with van der Waals surface area (Å²) in [6.07, 6.45) is 0.524. The molecule has 0 fully saturated rings. The van der Waals surface area contributed by atoms with Crippen LogP contribution in [0.2, 0.25) is 5.02 Å². The molecule has 1 aromatic carbocycles. The first-order chi connectivity index (χ1) is 4.74. The average molecular weight is 158 g/mol. The minimum Gasteiger partial charge on any atom is -0.207 e. The molecule has 0 heterocycles. The summed E-state index contributed by atoms with van der Waals surface area (Å²) in [5.74, 6) is -0.261. The third kappa shape index (κ3) is 1.48. The van der Waals surface area contributed by atoms with Crippen molar-refractivity contribution in [1.29, 1.82) is 0 Å². The van der Waals surface area contributed by atoms with Crippen molar-refractivity contribution in [3.63, 3.8) is 0 Å². The molecule has 0 nitrogen and oxygen atoms in total. The van der Waals surface area contributed by atoms with Crippen LogP contribution in [0, 0.1) is 12.7 Å². The Morgan fingerprint density at radius 3 is 2.70 bits per heavy atom. The lowest BCUT2D eigenvalue weighted by Crippen LogP contribution is -1.83. The van der Waals surface area contributed by atoms with Crippen LogP contribution in [0.4, 0.5) is 4.39 Å². The van der Waals surface area contributed by atoms with Crippen LogP contribution >= 0.6 is 11.6 Å². The highest BCUT2D eigenvalue weighted by Crippen LogP contribution is 2.16. The zero-order valence-electron chi connectivity index (χ0n) is 5.40. The molecular formula is C8H7ClF. The molecule has 1 radical (unpaired) electrons. The molecule has 0 aliphatic carbocycles. The molecule has 0 aliphatic heterocycles. The molecule has 2 heteroatoms. The molecule has 1 aromatic rings. The van der Waals surface area contributed by atoms with E-state index in [1.807, 2.05) is 0 Å². The van der Waals surface area contributed by atoms with E-state index in [9.17, 15) is 4.39 Å². The zero-order chi connectivity index (χ0) is 7.56. The number of benzene rings is 1. The van der Waals surface area contributed by atoms with Crippen LogP contribution in [0.1, 0.15) is 5.56 Å². The molecule has 10 heavy (non-hydrogen) atoms. The van der Waals surface area contributed by atoms with Crippen LogP contribution in [0.15, 0.2) is 18.2 Å². The molecule has 0 aromatic heterocycles. The van der Waals surface area contributed by atoms with Gasteiger partial charge in [0, 0.05) is 5.02 Å². The lowest BCUT2D eigenvalue weighted by Gasteiger charge is -1.98. The van der Waals surface area contributed by atoms with Crippen LogP contribution < -0.4 is 0 Å². The molecule has 0 N–H and O–H groups in total. The molecule has 0 unspecified atom stereocenters. The first kappa shape index (κ1) is 7.55. The van der Waals surface area contributed by atoms with E-state index in [0.717, 1.165) is 5.56 Å². The van der Waals surface area contributed by atoms with Gasteiger partial charge in [-0.25, -0.2) is 4.39 Å². The second-order valence-corrected chi connectivity index (χ2v) is 2.39. The van der Waals surface area contributed by atoms with E-state index >= 15 is 0 Å². The maximum Gasteiger partial charge on any atom is 0.123 e. The van der Waals surface area contributed by atoms with Crippen LogP contribution in [0.3, 0.4) is 0 Å². The van der Waals surface area contributed by atoms with Gasteiger partial charge in [-0.2, -0.15) is 0 Å². The Labute approximate surface area is 64.6 Å². The third-order valence-corrected chi connectivity index (χ3v) is 1.65. The summed E-state index contributed by atoms with van der Waals surface area (Å²) < 4.78 is 12.4. The Bertz CT molecular complexity index is 233. The summed E-state index contributed by atoms with van der Waals surface area (Å²) in [7, 11) is 0. The highest BCUT2D eigenvalue weighted by atomic mass is 35.5. The molecule has 0 saturated heterocycles. The first-order valence-electron chi connectivity index (χ1n) is 2.97. The van der Waals surface area contributed by atoms with Crippen molar-refractivity contribution in [1.82, 2.24) is 0 Å². The van der Waals surface area contributed by atoms with Gasteiger partial charge in [0.05, 0.1) is 0 Å². The quantitative estimate of drug-likeness (QED) is 0.588. The van der Waals surface area contributed by atoms with Gasteiger partial charge in [-0.15, -0.1) is 0 Å². The molecular weight excluding hydrogens is 151 g/mol. The van der Waals surface area contributed by atoms with Crippen LogP contribution in [0.25, 0.3) is 0 Å². The van der Waals surface area contributed by atoms with E-state index < -0.39 is 0 Å². The SMILES string of the molecule is [CH2]Cc1cc(F)ccc1Cl. The highest BCUT2D eigenvalue weighted by Gasteiger charge is 1.97. The Balaban J connectivity index is 3.09. The number of hydrogen-bond donors (Lipinski definition) is 0. The molecule has 53 valence electrons. The second-order valence-electron chi connectivity index (χ2n) is 1.99. The van der Waals surface area contributed by atoms with Crippen molar-refractivity contribution >= 4 is 11.6 Å². The van der Waals surface area contributed by atoms with Crippen molar-refractivity contribution in [2.24, 2.45) is 0 Å². The smallest absolute Gasteiger partial charge is 0.123 e. The van der Waals surface area contributed by atoms with Gasteiger partial charge in [0.25, 0.3) is 0 Å². The summed E-state index contributed by atoms with van der Waals surface area (Å²) >= 11 is 5.69. The topological polar surface area (TPSA) is 0 Å². The van der Waals surface area contributed by atoms with Crippen molar-refractivity contribution in [2.45, 2.75) is 6.42 Å². The Morgan fingerprint density at radius 1 is 1.50 bits per heavy atom. The standard InChI is InChI=1S/C8H7ClF/c1-2-6-5-7(10)3-4-8(6)9/h3-5H,1-2H2. The maximum absolute atomic E-state index is 12.4. The number of halogens is 2. The minimum atomic E-state index is -0.261. The first-order valence-corrected chi connectivity index (χ1v) is 3.35. The van der Waals surface area contributed by atoms with E-state index in [0.29, 0.717) is 11.4 Å². The third-order valence-electron chi connectivity index (χ3n) is 1.28. The number of hydrogen-bond acceptors (Lipinski definition) is 0. The molecule has 0 spiro atoms. The van der Waals surface area contributed by atoms with E-state index in [4.69, 9.17) is 11.6 Å². The fraction of sp³-hybridized carbons (Fsp3) is 0.125. The van der Waals surface area contributed by atoms with Gasteiger partial charge in [-0.05, 0) is 37.1 Å². The van der Waals surface area contributed by atoms with Gasteiger partial charge in [0.1, 0.15) is 5.82 Å². The molecule has 0 bridgehead atoms. The van der Waals surface area contributed by atoms with Gasteiger partial charge in [-0.3, -0.25) is 0 Å². The molecule has 0 saturated carbocycles. The average Bonchev–Trinajstić information content (AvgIpc) is 1.94. The van der Waals surface area contributed by atoms with E-state index in [1.54, 1.807) is 0 Å². The van der Waals surface area contributed by atoms with Crippen molar-refractivity contribution in [3.8, 4) is 0 Å². The maximum atomic E-state index is 12.4. The zero-order valence-corrected chi connectivity index (χ0v) is 6.16. The lowest BCUT2D eigenvalue weighted by atomic mass is 10.2. The summed E-state index contributed by atoms with van der Waals surface area (Å²) in [4.78, 5) is 0. The predicted molar refractivity (Wildman–Crippen MR) is 40.5 cm³/mol. The van der Waals surface area contributed by atoms with E-state index in [1.165, 1.54) is 18.2 Å². The predicted octanol–water partition coefficient (Wildman–Crippen LogP) is 2.86. The van der Waals surface area contributed by atoms with Crippen molar-refractivity contribution < 1.29 is 4.39 Å². The Hall–Kier alpha value is -0.560. The fourth-order valence-electron chi connectivity index (χ4n) is 0.735. The second kappa shape index (κ2) is 3.02. The Kier molecular flexibility index (Phi) is 2.28. The molecule has 1 rings (SSSR count). The van der Waals surface area contributed by atoms with Crippen LogP contribution in [-0.4, -0.2) is 0 Å². The fourth-order valence-corrected chi connectivity index (χ4v) is 0.947. The number of rotatable bonds is 1. The molecule has 0 aliphatic rings. The van der Waals surface area contributed by atoms with Gasteiger partial charge in [0.2, 0.25) is 0 Å². The van der Waals surface area contributed by atoms with Crippen LogP contribution in [0.5, 0.6) is 0 Å². The van der Waals surface area contributed by atoms with E-state index in [2.05, 4.69) is 6.92 Å². The summed E-state index contributed by atoms with van der Waals surface area (Å²) in [6.45, 7) is 3.61. The monoisotopic (exact) mass is 157 g/mol. The summed E-state index contributed by atoms with van der Waals surface area (Å²) in [5.41, 5.74) is 0.752. The van der Waals surface area contributed by atoms with Crippen molar-refractivity contribution in [2.75, 3.05) is 0 Å². The highest BCUT2D eigenvalue weighted by molar-refractivity contribution is 6.31. The minimum absolute atomic E-state index is 0.261. The van der Waals surface area contributed by atoms with Gasteiger partial charge in [0.15, 0.2) is 0 Å². The normalized spacial score (nSPS) is 9.90. The summed E-state index contributed by atoms with van der Waals surface area (Å²) in [6, 6.07) is 4.27. The van der Waals surface area contributed by atoms with Crippen LogP contribution in [-0.2, 0) is 6.42 Å². The largest absolute Gasteiger partial charge is 0.207 e. The van der Waals surface area contributed by atoms with Gasteiger partial charge < -0.3 is 0 Å². The van der Waals surface area contributed by atoms with Crippen molar-refractivity contribution in [3.05, 3.63) is 41.5 Å².